The minimum absolute atomic E-state index is 0.0215. The first-order valence-electron chi connectivity index (χ1n) is 8.26. The number of nitro groups is 1. The first-order chi connectivity index (χ1) is 12.5. The van der Waals surface area contributed by atoms with E-state index in [4.69, 9.17) is 0 Å². The monoisotopic (exact) mass is 353 g/mol. The van der Waals surface area contributed by atoms with Gasteiger partial charge >= 0.3 is 0 Å². The van der Waals surface area contributed by atoms with E-state index in [2.05, 4.69) is 15.4 Å². The van der Waals surface area contributed by atoms with Crippen LogP contribution in [0.3, 0.4) is 0 Å². The highest BCUT2D eigenvalue weighted by molar-refractivity contribution is 5.99. The summed E-state index contributed by atoms with van der Waals surface area (Å²) in [6.07, 6.45) is 1.65. The van der Waals surface area contributed by atoms with Crippen molar-refractivity contribution in [3.8, 4) is 11.3 Å². The average Bonchev–Trinajstić information content (AvgIpc) is 2.65. The van der Waals surface area contributed by atoms with Crippen LogP contribution in [-0.4, -0.2) is 45.7 Å². The molecule has 2 heterocycles. The van der Waals surface area contributed by atoms with Crippen LogP contribution in [0.2, 0.25) is 0 Å². The van der Waals surface area contributed by atoms with Crippen molar-refractivity contribution in [1.29, 1.82) is 0 Å². The number of nitrogens with zero attached hydrogens (tertiary/aromatic N) is 4. The van der Waals surface area contributed by atoms with Gasteiger partial charge in [0.25, 0.3) is 5.69 Å². The maximum atomic E-state index is 11.8. The Balaban J connectivity index is 1.89. The lowest BCUT2D eigenvalue weighted by Crippen LogP contribution is -2.51. The minimum Gasteiger partial charge on any atom is -0.352 e. The Bertz CT molecular complexity index is 881. The van der Waals surface area contributed by atoms with Gasteiger partial charge in [-0.05, 0) is 26.0 Å². The Labute approximate surface area is 150 Å². The lowest BCUT2D eigenvalue weighted by Gasteiger charge is -2.30. The third-order valence-electron chi connectivity index (χ3n) is 4.28. The summed E-state index contributed by atoms with van der Waals surface area (Å²) in [5.41, 5.74) is 2.92. The summed E-state index contributed by atoms with van der Waals surface area (Å²) in [5.74, 6) is -0.0418. The molecule has 1 amide bonds. The molecule has 1 fully saturated rings. The van der Waals surface area contributed by atoms with Gasteiger partial charge < -0.3 is 5.32 Å². The Kier molecular flexibility index (Phi) is 4.92. The second kappa shape index (κ2) is 7.30. The number of hydrogen-bond donors (Lipinski definition) is 1. The Morgan fingerprint density at radius 2 is 2.19 bits per heavy atom. The van der Waals surface area contributed by atoms with E-state index in [-0.39, 0.29) is 17.6 Å². The number of carbonyl (C=O) groups is 1. The molecule has 0 aliphatic carbocycles. The zero-order chi connectivity index (χ0) is 18.7. The molecule has 3 rings (SSSR count). The molecule has 26 heavy (non-hydrogen) atoms. The Morgan fingerprint density at radius 1 is 1.38 bits per heavy atom. The van der Waals surface area contributed by atoms with Gasteiger partial charge in [-0.3, -0.25) is 24.9 Å². The second-order valence-electron chi connectivity index (χ2n) is 6.05. The van der Waals surface area contributed by atoms with E-state index in [9.17, 15) is 14.9 Å². The maximum Gasteiger partial charge on any atom is 0.270 e. The first-order valence-corrected chi connectivity index (χ1v) is 8.26. The van der Waals surface area contributed by atoms with Crippen LogP contribution in [0.25, 0.3) is 11.3 Å². The third-order valence-corrected chi connectivity index (χ3v) is 4.28. The van der Waals surface area contributed by atoms with Crippen LogP contribution in [0.4, 0.5) is 5.69 Å². The smallest absolute Gasteiger partial charge is 0.270 e. The molecular formula is C18H19N5O3. The number of hydrazone groups is 1. The van der Waals surface area contributed by atoms with Crippen molar-refractivity contribution >= 4 is 17.3 Å². The highest BCUT2D eigenvalue weighted by Gasteiger charge is 2.24. The summed E-state index contributed by atoms with van der Waals surface area (Å²) in [4.78, 5) is 26.6. The molecule has 1 N–H and O–H groups in total. The van der Waals surface area contributed by atoms with E-state index in [0.29, 0.717) is 24.3 Å². The highest BCUT2D eigenvalue weighted by atomic mass is 16.6. The fraction of sp³-hybridized carbons (Fsp3) is 0.278. The van der Waals surface area contributed by atoms with Gasteiger partial charge in [-0.2, -0.15) is 5.10 Å². The van der Waals surface area contributed by atoms with Gasteiger partial charge in [0.1, 0.15) is 6.04 Å². The Morgan fingerprint density at radius 3 is 2.96 bits per heavy atom. The lowest BCUT2D eigenvalue weighted by atomic mass is 10.1. The zero-order valence-corrected chi connectivity index (χ0v) is 14.5. The van der Waals surface area contributed by atoms with Gasteiger partial charge in [0.2, 0.25) is 5.91 Å². The van der Waals surface area contributed by atoms with Gasteiger partial charge in [0.15, 0.2) is 0 Å². The molecule has 1 aliphatic rings. The van der Waals surface area contributed by atoms with Crippen LogP contribution >= 0.6 is 0 Å². The van der Waals surface area contributed by atoms with Crippen molar-refractivity contribution in [2.24, 2.45) is 5.10 Å². The topological polar surface area (TPSA) is 101 Å². The second-order valence-corrected chi connectivity index (χ2v) is 6.05. The number of rotatable bonds is 4. The van der Waals surface area contributed by atoms with Gasteiger partial charge in [0.05, 0.1) is 22.9 Å². The maximum absolute atomic E-state index is 11.8. The van der Waals surface area contributed by atoms with Crippen molar-refractivity contribution in [2.75, 3.05) is 13.1 Å². The molecule has 1 atom stereocenters. The van der Waals surface area contributed by atoms with Crippen LogP contribution < -0.4 is 5.32 Å². The van der Waals surface area contributed by atoms with Crippen molar-refractivity contribution in [2.45, 2.75) is 19.9 Å². The standard InChI is InChI=1S/C18H19N5O3/c1-12(21-22-9-8-20-18(24)13(22)2)14-6-7-19-17(11-14)15-4-3-5-16(10-15)23(25)26/h3-7,10-11,13H,8-9H2,1-2H3,(H,20,24)/b21-12+. The molecule has 2 aromatic rings. The number of nitro benzene ring substituents is 1. The van der Waals surface area contributed by atoms with Crippen molar-refractivity contribution in [3.05, 3.63) is 58.3 Å². The normalized spacial score (nSPS) is 17.8. The highest BCUT2D eigenvalue weighted by Crippen LogP contribution is 2.23. The predicted molar refractivity (Wildman–Crippen MR) is 97.7 cm³/mol. The van der Waals surface area contributed by atoms with E-state index in [1.165, 1.54) is 12.1 Å². The third kappa shape index (κ3) is 3.69. The van der Waals surface area contributed by atoms with Gasteiger partial charge in [0, 0.05) is 36.0 Å². The van der Waals surface area contributed by atoms with Crippen LogP contribution in [-0.2, 0) is 4.79 Å². The zero-order valence-electron chi connectivity index (χ0n) is 14.5. The lowest BCUT2D eigenvalue weighted by molar-refractivity contribution is -0.384. The summed E-state index contributed by atoms with van der Waals surface area (Å²) < 4.78 is 0. The fourth-order valence-electron chi connectivity index (χ4n) is 2.75. The quantitative estimate of drug-likeness (QED) is 0.516. The summed E-state index contributed by atoms with van der Waals surface area (Å²) in [6, 6.07) is 9.70. The van der Waals surface area contributed by atoms with E-state index in [1.54, 1.807) is 23.3 Å². The molecule has 0 saturated carbocycles. The molecule has 0 radical (unpaired) electrons. The number of pyridine rings is 1. The van der Waals surface area contributed by atoms with Crippen molar-refractivity contribution < 1.29 is 9.72 Å². The number of aromatic nitrogens is 1. The SMILES string of the molecule is C/C(=N\N1CCNC(=O)C1C)c1ccnc(-c2cccc([N+](=O)[O-])c2)c1. The number of benzene rings is 1. The molecule has 1 unspecified atom stereocenters. The molecular weight excluding hydrogens is 334 g/mol. The molecule has 1 aliphatic heterocycles. The molecule has 8 heteroatoms. The number of hydrogen-bond acceptors (Lipinski definition) is 6. The molecule has 134 valence electrons. The number of amides is 1. The largest absolute Gasteiger partial charge is 0.352 e. The number of carbonyl (C=O) groups excluding carboxylic acids is 1. The molecule has 1 aromatic heterocycles. The molecule has 0 spiro atoms. The molecule has 1 aromatic carbocycles. The summed E-state index contributed by atoms with van der Waals surface area (Å²) >= 11 is 0. The number of piperazine rings is 1. The van der Waals surface area contributed by atoms with Crippen LogP contribution in [0.1, 0.15) is 19.4 Å². The number of non-ortho nitro benzene ring substituents is 1. The first kappa shape index (κ1) is 17.5. The number of nitrogens with one attached hydrogen (secondary N) is 1. The van der Waals surface area contributed by atoms with E-state index in [1.807, 2.05) is 26.0 Å². The Hall–Kier alpha value is -3.29. The van der Waals surface area contributed by atoms with Gasteiger partial charge in [-0.25, -0.2) is 0 Å². The average molecular weight is 353 g/mol. The van der Waals surface area contributed by atoms with Gasteiger partial charge in [-0.15, -0.1) is 0 Å². The molecule has 8 nitrogen and oxygen atoms in total. The minimum atomic E-state index is -0.428. The summed E-state index contributed by atoms with van der Waals surface area (Å²) in [6.45, 7) is 4.89. The van der Waals surface area contributed by atoms with Crippen molar-refractivity contribution in [1.82, 2.24) is 15.3 Å². The fourth-order valence-corrected chi connectivity index (χ4v) is 2.75. The van der Waals surface area contributed by atoms with Crippen LogP contribution in [0.5, 0.6) is 0 Å². The van der Waals surface area contributed by atoms with Crippen LogP contribution in [0, 0.1) is 10.1 Å². The van der Waals surface area contributed by atoms with Gasteiger partial charge in [-0.1, -0.05) is 12.1 Å². The summed E-state index contributed by atoms with van der Waals surface area (Å²) in [5, 5.41) is 20.1. The van der Waals surface area contributed by atoms with E-state index in [0.717, 1.165) is 11.3 Å². The van der Waals surface area contributed by atoms with Crippen molar-refractivity contribution in [3.63, 3.8) is 0 Å². The van der Waals surface area contributed by atoms with E-state index >= 15 is 0 Å². The predicted octanol–water partition coefficient (Wildman–Crippen LogP) is 2.20. The molecule has 1 saturated heterocycles. The van der Waals surface area contributed by atoms with E-state index < -0.39 is 4.92 Å². The summed E-state index contributed by atoms with van der Waals surface area (Å²) in [7, 11) is 0. The van der Waals surface area contributed by atoms with Crippen LogP contribution in [0.15, 0.2) is 47.7 Å². The molecule has 0 bridgehead atoms.